The van der Waals surface area contributed by atoms with Crippen molar-refractivity contribution >= 4 is 29.1 Å². The second-order valence-electron chi connectivity index (χ2n) is 1.83. The Labute approximate surface area is 94.9 Å². The van der Waals surface area contributed by atoms with Gasteiger partial charge < -0.3 is 20.1 Å². The van der Waals surface area contributed by atoms with Crippen molar-refractivity contribution in [1.82, 2.24) is 0 Å². The van der Waals surface area contributed by atoms with Crippen LogP contribution in [-0.2, 0) is 9.59 Å². The molecule has 0 rings (SSSR count). The van der Waals surface area contributed by atoms with E-state index in [1.807, 2.05) is 0 Å². The summed E-state index contributed by atoms with van der Waals surface area (Å²) in [5, 5.41) is 27.3. The molecule has 0 heterocycles. The number of carbonyl (C=O) groups is 2. The van der Waals surface area contributed by atoms with Crippen molar-refractivity contribution in [3.63, 3.8) is 0 Å². The van der Waals surface area contributed by atoms with E-state index < -0.39 is 12.4 Å². The zero-order valence-electron chi connectivity index (χ0n) is 8.74. The van der Waals surface area contributed by atoms with E-state index in [1.165, 1.54) is 6.92 Å². The van der Waals surface area contributed by atoms with Crippen LogP contribution in [0.3, 0.4) is 0 Å². The average Bonchev–Trinajstić information content (AvgIpc) is 1.86. The standard InChI is InChI=1S/C4H6O3.2C2H5O.Al/c1-3(5)2-4(6)7;2*1-2-3;/h2H2,1H3,(H,6,7);2*2H2,1H3;/q;2*-1;+3/p-1. The summed E-state index contributed by atoms with van der Waals surface area (Å²) in [4.78, 5) is 19.3. The van der Waals surface area contributed by atoms with Gasteiger partial charge in [0, 0.05) is 12.4 Å². The summed E-state index contributed by atoms with van der Waals surface area (Å²) in [5.41, 5.74) is 0. The molecule has 0 aliphatic rings. The average molecular weight is 218 g/mol. The SMILES string of the molecule is CC(=O)CC(=O)[O-].CC[O-].CC[O-].[Al+3]. The van der Waals surface area contributed by atoms with Crippen molar-refractivity contribution < 1.29 is 24.9 Å². The molecule has 0 unspecified atom stereocenters. The summed E-state index contributed by atoms with van der Waals surface area (Å²) >= 11 is 0. The minimum absolute atomic E-state index is 0. The molecular formula is C8H15AlO5. The third-order valence-electron chi connectivity index (χ3n) is 0.393. The van der Waals surface area contributed by atoms with Crippen LogP contribution in [-0.4, -0.2) is 42.3 Å². The van der Waals surface area contributed by atoms with Gasteiger partial charge in [-0.1, -0.05) is 13.8 Å². The Bertz CT molecular complexity index is 113. The Kier molecular flexibility index (Phi) is 38.3. The molecule has 0 bridgehead atoms. The Morgan fingerprint density at radius 2 is 1.29 bits per heavy atom. The maximum Gasteiger partial charge on any atom is 3.00 e. The summed E-state index contributed by atoms with van der Waals surface area (Å²) in [6.07, 6.45) is -0.472. The van der Waals surface area contributed by atoms with Gasteiger partial charge in [0.2, 0.25) is 0 Å². The van der Waals surface area contributed by atoms with Crippen LogP contribution in [0.15, 0.2) is 0 Å². The minimum Gasteiger partial charge on any atom is -0.855 e. The van der Waals surface area contributed by atoms with Crippen LogP contribution in [0, 0.1) is 0 Å². The second kappa shape index (κ2) is 22.9. The van der Waals surface area contributed by atoms with Gasteiger partial charge in [-0.05, 0) is 6.92 Å². The van der Waals surface area contributed by atoms with Crippen molar-refractivity contribution in [1.29, 1.82) is 0 Å². The number of rotatable bonds is 2. The third kappa shape index (κ3) is 101. The van der Waals surface area contributed by atoms with Gasteiger partial charge in [-0.15, -0.1) is 13.2 Å². The van der Waals surface area contributed by atoms with Crippen molar-refractivity contribution in [2.24, 2.45) is 0 Å². The third-order valence-corrected chi connectivity index (χ3v) is 0.393. The minimum atomic E-state index is -1.31. The molecule has 0 amide bonds. The molecule has 0 aromatic carbocycles. The largest absolute Gasteiger partial charge is 3.00 e. The maximum absolute atomic E-state index is 9.83. The topological polar surface area (TPSA) is 103 Å². The van der Waals surface area contributed by atoms with Crippen LogP contribution in [0.2, 0.25) is 0 Å². The van der Waals surface area contributed by atoms with Crippen LogP contribution < -0.4 is 15.3 Å². The Morgan fingerprint density at radius 1 is 1.07 bits per heavy atom. The summed E-state index contributed by atoms with van der Waals surface area (Å²) in [6, 6.07) is 0. The molecule has 0 saturated heterocycles. The monoisotopic (exact) mass is 218 g/mol. The Balaban J connectivity index is -0.0000000610. The van der Waals surface area contributed by atoms with Crippen molar-refractivity contribution in [3.05, 3.63) is 0 Å². The predicted molar refractivity (Wildman–Crippen MR) is 47.1 cm³/mol. The quantitative estimate of drug-likeness (QED) is 0.364. The van der Waals surface area contributed by atoms with Crippen LogP contribution in [0.1, 0.15) is 27.2 Å². The molecule has 0 aliphatic heterocycles. The molecule has 0 aromatic heterocycles. The van der Waals surface area contributed by atoms with Gasteiger partial charge in [0.1, 0.15) is 5.78 Å². The fraction of sp³-hybridized carbons (Fsp3) is 0.750. The molecule has 0 fully saturated rings. The zero-order valence-corrected chi connectivity index (χ0v) is 9.89. The first-order valence-corrected chi connectivity index (χ1v) is 3.81. The van der Waals surface area contributed by atoms with E-state index in [2.05, 4.69) is 0 Å². The number of aliphatic carboxylic acids is 1. The molecule has 0 radical (unpaired) electrons. The van der Waals surface area contributed by atoms with Gasteiger partial charge in [-0.2, -0.15) is 0 Å². The van der Waals surface area contributed by atoms with Crippen LogP contribution >= 0.6 is 0 Å². The van der Waals surface area contributed by atoms with E-state index in [0.29, 0.717) is 0 Å². The summed E-state index contributed by atoms with van der Waals surface area (Å²) < 4.78 is 0. The van der Waals surface area contributed by atoms with Gasteiger partial charge in [0.15, 0.2) is 0 Å². The number of carboxylic acids is 1. The van der Waals surface area contributed by atoms with E-state index in [-0.39, 0.29) is 36.4 Å². The van der Waals surface area contributed by atoms with E-state index in [9.17, 15) is 14.7 Å². The molecule has 0 spiro atoms. The van der Waals surface area contributed by atoms with Crippen molar-refractivity contribution in [2.75, 3.05) is 13.2 Å². The maximum atomic E-state index is 9.83. The number of carboxylic acid groups (broad SMARTS) is 1. The first-order chi connectivity index (χ1) is 5.95. The molecule has 6 heteroatoms. The Hall–Kier alpha value is -0.408. The van der Waals surface area contributed by atoms with Crippen molar-refractivity contribution in [3.8, 4) is 0 Å². The second-order valence-corrected chi connectivity index (χ2v) is 1.83. The number of Topliss-reactive ketones (excluding diaryl/α,β-unsaturated/α-hetero) is 1. The number of ketones is 1. The summed E-state index contributed by atoms with van der Waals surface area (Å²) in [6.45, 7) is 4.34. The van der Waals surface area contributed by atoms with Gasteiger partial charge in [-0.3, -0.25) is 4.79 Å². The number of hydrogen-bond donors (Lipinski definition) is 0. The smallest absolute Gasteiger partial charge is 0.855 e. The first kappa shape index (κ1) is 23.4. The van der Waals surface area contributed by atoms with E-state index in [1.54, 1.807) is 13.8 Å². The summed E-state index contributed by atoms with van der Waals surface area (Å²) in [7, 11) is 0. The van der Waals surface area contributed by atoms with Crippen LogP contribution in [0.4, 0.5) is 0 Å². The molecule has 0 atom stereocenters. The van der Waals surface area contributed by atoms with Gasteiger partial charge in [-0.25, -0.2) is 0 Å². The van der Waals surface area contributed by atoms with E-state index in [0.717, 1.165) is 0 Å². The zero-order chi connectivity index (χ0) is 11.3. The molecular weight excluding hydrogens is 203 g/mol. The molecule has 5 nitrogen and oxygen atoms in total. The number of hydrogen-bond acceptors (Lipinski definition) is 5. The van der Waals surface area contributed by atoms with Gasteiger partial charge in [0.05, 0.1) is 0 Å². The van der Waals surface area contributed by atoms with Crippen LogP contribution in [0.25, 0.3) is 0 Å². The summed E-state index contributed by atoms with van der Waals surface area (Å²) in [5.74, 6) is -1.69. The fourth-order valence-corrected chi connectivity index (χ4v) is 0.203. The van der Waals surface area contributed by atoms with E-state index in [4.69, 9.17) is 10.2 Å². The van der Waals surface area contributed by atoms with Gasteiger partial charge in [0.25, 0.3) is 0 Å². The Morgan fingerprint density at radius 3 is 1.29 bits per heavy atom. The molecule has 0 saturated carbocycles. The molecule has 0 N–H and O–H groups in total. The van der Waals surface area contributed by atoms with Gasteiger partial charge >= 0.3 is 17.4 Å². The normalized spacial score (nSPS) is 6.64. The first-order valence-electron chi connectivity index (χ1n) is 3.81. The molecule has 80 valence electrons. The predicted octanol–water partition coefficient (Wildman–Crippen LogP) is -2.93. The fourth-order valence-electron chi connectivity index (χ4n) is 0.203. The molecule has 0 aliphatic carbocycles. The van der Waals surface area contributed by atoms with E-state index >= 15 is 0 Å². The number of carbonyl (C=O) groups excluding carboxylic acids is 2. The molecule has 14 heavy (non-hydrogen) atoms. The van der Waals surface area contributed by atoms with Crippen molar-refractivity contribution in [2.45, 2.75) is 27.2 Å². The van der Waals surface area contributed by atoms with Crippen LogP contribution in [0.5, 0.6) is 0 Å². The molecule has 0 aromatic rings.